The van der Waals surface area contributed by atoms with Crippen molar-refractivity contribution in [2.24, 2.45) is 0 Å². The third kappa shape index (κ3) is 3.71. The highest BCUT2D eigenvalue weighted by atomic mass is 16.2. The Kier molecular flexibility index (Phi) is 4.68. The van der Waals surface area contributed by atoms with Crippen LogP contribution >= 0.6 is 0 Å². The van der Waals surface area contributed by atoms with Gasteiger partial charge in [-0.3, -0.25) is 10.00 Å². The van der Waals surface area contributed by atoms with Crippen LogP contribution in [0.2, 0.25) is 0 Å². The van der Waals surface area contributed by atoms with Gasteiger partial charge in [0.15, 0.2) is 0 Å². The number of nitrogens with one attached hydrogen (secondary N) is 1. The minimum absolute atomic E-state index is 0.291. The summed E-state index contributed by atoms with van der Waals surface area (Å²) in [6.45, 7) is 2.29. The molecule has 3 rings (SSSR count). The second-order valence-electron chi connectivity index (χ2n) is 5.77. The molecule has 1 fully saturated rings. The number of benzene rings is 1. The first kappa shape index (κ1) is 14.3. The fourth-order valence-electron chi connectivity index (χ4n) is 2.76. The standard InChI is InChI=1S/C17H23N3O/c21-11-5-4-10-20(16-8-9-16)13-15-12-18-19-17(15)14-6-2-1-3-7-14/h1-3,6-7,12,16,21H,4-5,8-11,13H2,(H,18,19). The van der Waals surface area contributed by atoms with Crippen LogP contribution in [-0.4, -0.2) is 39.4 Å². The van der Waals surface area contributed by atoms with Crippen LogP contribution in [0.25, 0.3) is 11.3 Å². The quantitative estimate of drug-likeness (QED) is 0.733. The lowest BCUT2D eigenvalue weighted by Crippen LogP contribution is -2.27. The average Bonchev–Trinajstić information content (AvgIpc) is 3.27. The number of hydrogen-bond acceptors (Lipinski definition) is 3. The molecule has 4 nitrogen and oxygen atoms in total. The minimum Gasteiger partial charge on any atom is -0.396 e. The van der Waals surface area contributed by atoms with E-state index in [1.807, 2.05) is 12.3 Å². The minimum atomic E-state index is 0.291. The van der Waals surface area contributed by atoms with Gasteiger partial charge in [-0.2, -0.15) is 5.10 Å². The van der Waals surface area contributed by atoms with E-state index in [0.29, 0.717) is 6.61 Å². The molecule has 1 saturated carbocycles. The van der Waals surface area contributed by atoms with Crippen molar-refractivity contribution in [3.8, 4) is 11.3 Å². The Balaban J connectivity index is 1.70. The zero-order valence-electron chi connectivity index (χ0n) is 12.3. The molecule has 2 aromatic rings. The van der Waals surface area contributed by atoms with Crippen LogP contribution in [0.4, 0.5) is 0 Å². The average molecular weight is 285 g/mol. The van der Waals surface area contributed by atoms with Crippen molar-refractivity contribution in [3.63, 3.8) is 0 Å². The molecule has 1 aliphatic carbocycles. The fourth-order valence-corrected chi connectivity index (χ4v) is 2.76. The van der Waals surface area contributed by atoms with E-state index in [-0.39, 0.29) is 0 Å². The van der Waals surface area contributed by atoms with Gasteiger partial charge in [0, 0.05) is 24.8 Å². The lowest BCUT2D eigenvalue weighted by atomic mass is 10.1. The van der Waals surface area contributed by atoms with Gasteiger partial charge in [0.1, 0.15) is 0 Å². The Bertz CT molecular complexity index is 548. The van der Waals surface area contributed by atoms with Gasteiger partial charge in [0.2, 0.25) is 0 Å². The number of aromatic amines is 1. The fraction of sp³-hybridized carbons (Fsp3) is 0.471. The third-order valence-corrected chi connectivity index (χ3v) is 4.07. The maximum atomic E-state index is 8.95. The third-order valence-electron chi connectivity index (χ3n) is 4.07. The van der Waals surface area contributed by atoms with Crippen LogP contribution < -0.4 is 0 Å². The molecule has 0 amide bonds. The topological polar surface area (TPSA) is 52.1 Å². The van der Waals surface area contributed by atoms with E-state index in [1.165, 1.54) is 24.0 Å². The second kappa shape index (κ2) is 6.87. The first-order valence-corrected chi connectivity index (χ1v) is 7.81. The van der Waals surface area contributed by atoms with Gasteiger partial charge in [-0.15, -0.1) is 0 Å². The summed E-state index contributed by atoms with van der Waals surface area (Å²) in [5, 5.41) is 16.3. The molecule has 2 N–H and O–H groups in total. The van der Waals surface area contributed by atoms with E-state index in [1.54, 1.807) is 0 Å². The predicted molar refractivity (Wildman–Crippen MR) is 83.8 cm³/mol. The Hall–Kier alpha value is -1.65. The van der Waals surface area contributed by atoms with Crippen LogP contribution in [0.3, 0.4) is 0 Å². The molecule has 0 saturated heterocycles. The Labute approximate surface area is 125 Å². The molecule has 4 heteroatoms. The summed E-state index contributed by atoms with van der Waals surface area (Å²) in [5.74, 6) is 0. The normalized spacial score (nSPS) is 14.8. The van der Waals surface area contributed by atoms with E-state index in [4.69, 9.17) is 5.11 Å². The Morgan fingerprint density at radius 2 is 2.00 bits per heavy atom. The molecular formula is C17H23N3O. The van der Waals surface area contributed by atoms with Crippen LogP contribution in [0, 0.1) is 0 Å². The zero-order chi connectivity index (χ0) is 14.5. The number of aromatic nitrogens is 2. The largest absolute Gasteiger partial charge is 0.396 e. The van der Waals surface area contributed by atoms with Crippen molar-refractivity contribution >= 4 is 0 Å². The van der Waals surface area contributed by atoms with Crippen LogP contribution in [0.15, 0.2) is 36.5 Å². The van der Waals surface area contributed by atoms with Crippen molar-refractivity contribution in [1.29, 1.82) is 0 Å². The highest BCUT2D eigenvalue weighted by molar-refractivity contribution is 5.62. The molecule has 1 aliphatic rings. The van der Waals surface area contributed by atoms with E-state index < -0.39 is 0 Å². The summed E-state index contributed by atoms with van der Waals surface area (Å²) in [5.41, 5.74) is 3.58. The van der Waals surface area contributed by atoms with Crippen molar-refractivity contribution in [2.45, 2.75) is 38.3 Å². The van der Waals surface area contributed by atoms with Crippen molar-refractivity contribution in [2.75, 3.05) is 13.2 Å². The van der Waals surface area contributed by atoms with Crippen LogP contribution in [-0.2, 0) is 6.54 Å². The maximum Gasteiger partial charge on any atom is 0.0695 e. The monoisotopic (exact) mass is 285 g/mol. The van der Waals surface area contributed by atoms with E-state index >= 15 is 0 Å². The number of rotatable bonds is 8. The van der Waals surface area contributed by atoms with Gasteiger partial charge in [-0.1, -0.05) is 30.3 Å². The summed E-state index contributed by atoms with van der Waals surface area (Å²) in [4.78, 5) is 2.53. The molecule has 112 valence electrons. The molecule has 0 aliphatic heterocycles. The maximum absolute atomic E-state index is 8.95. The summed E-state index contributed by atoms with van der Waals surface area (Å²) in [7, 11) is 0. The highest BCUT2D eigenvalue weighted by Crippen LogP contribution is 2.30. The number of hydrogen-bond donors (Lipinski definition) is 2. The van der Waals surface area contributed by atoms with Crippen molar-refractivity contribution in [1.82, 2.24) is 15.1 Å². The molecule has 0 unspecified atom stereocenters. The lowest BCUT2D eigenvalue weighted by Gasteiger charge is -2.21. The number of aliphatic hydroxyl groups is 1. The van der Waals surface area contributed by atoms with Gasteiger partial charge < -0.3 is 5.11 Å². The van der Waals surface area contributed by atoms with Crippen molar-refractivity contribution in [3.05, 3.63) is 42.1 Å². The van der Waals surface area contributed by atoms with E-state index in [0.717, 1.165) is 37.7 Å². The Morgan fingerprint density at radius 1 is 1.19 bits per heavy atom. The van der Waals surface area contributed by atoms with E-state index in [9.17, 15) is 0 Å². The second-order valence-corrected chi connectivity index (χ2v) is 5.77. The first-order valence-electron chi connectivity index (χ1n) is 7.81. The molecule has 1 aromatic carbocycles. The summed E-state index contributed by atoms with van der Waals surface area (Å²) in [6.07, 6.45) is 6.50. The number of aliphatic hydroxyl groups excluding tert-OH is 1. The molecule has 1 heterocycles. The number of H-pyrrole nitrogens is 1. The number of unbranched alkanes of at least 4 members (excludes halogenated alkanes) is 1. The predicted octanol–water partition coefficient (Wildman–Crippen LogP) is 2.81. The summed E-state index contributed by atoms with van der Waals surface area (Å²) >= 11 is 0. The van der Waals surface area contributed by atoms with Crippen LogP contribution in [0.1, 0.15) is 31.2 Å². The molecular weight excluding hydrogens is 262 g/mol. The first-order chi connectivity index (χ1) is 10.4. The van der Waals surface area contributed by atoms with Gasteiger partial charge >= 0.3 is 0 Å². The van der Waals surface area contributed by atoms with E-state index in [2.05, 4.69) is 39.4 Å². The molecule has 0 bridgehead atoms. The smallest absolute Gasteiger partial charge is 0.0695 e. The lowest BCUT2D eigenvalue weighted by molar-refractivity contribution is 0.229. The van der Waals surface area contributed by atoms with Gasteiger partial charge in [0.25, 0.3) is 0 Å². The summed E-state index contributed by atoms with van der Waals surface area (Å²) in [6, 6.07) is 11.1. The highest BCUT2D eigenvalue weighted by Gasteiger charge is 2.29. The van der Waals surface area contributed by atoms with Crippen molar-refractivity contribution < 1.29 is 5.11 Å². The molecule has 0 atom stereocenters. The molecule has 0 radical (unpaired) electrons. The number of nitrogens with zero attached hydrogens (tertiary/aromatic N) is 2. The molecule has 21 heavy (non-hydrogen) atoms. The Morgan fingerprint density at radius 3 is 2.71 bits per heavy atom. The van der Waals surface area contributed by atoms with Crippen LogP contribution in [0.5, 0.6) is 0 Å². The molecule has 1 aromatic heterocycles. The molecule has 0 spiro atoms. The SMILES string of the molecule is OCCCCN(Cc1cn[nH]c1-c1ccccc1)C1CC1. The van der Waals surface area contributed by atoms with Gasteiger partial charge in [0.05, 0.1) is 11.9 Å². The van der Waals surface area contributed by atoms with Gasteiger partial charge in [-0.05, 0) is 37.8 Å². The summed E-state index contributed by atoms with van der Waals surface area (Å²) < 4.78 is 0. The van der Waals surface area contributed by atoms with Gasteiger partial charge in [-0.25, -0.2) is 0 Å². The zero-order valence-corrected chi connectivity index (χ0v) is 12.3.